The average molecular weight is 539 g/mol. The average Bonchev–Trinajstić information content (AvgIpc) is 3.17. The zero-order valence-electron chi connectivity index (χ0n) is 20.2. The van der Waals surface area contributed by atoms with Gasteiger partial charge in [0.25, 0.3) is 11.8 Å². The molecule has 0 atom stereocenters. The van der Waals surface area contributed by atoms with Crippen molar-refractivity contribution in [2.45, 2.75) is 13.5 Å². The monoisotopic (exact) mass is 538 g/mol. The van der Waals surface area contributed by atoms with E-state index in [2.05, 4.69) is 15.5 Å². The van der Waals surface area contributed by atoms with E-state index >= 15 is 0 Å². The minimum atomic E-state index is -0.279. The number of imide groups is 1. The number of carbonyl (C=O) groups excluding carboxylic acids is 2. The van der Waals surface area contributed by atoms with Crippen LogP contribution >= 0.6 is 23.2 Å². The molecule has 0 aliphatic carbocycles. The van der Waals surface area contributed by atoms with Gasteiger partial charge in [-0.2, -0.15) is 0 Å². The second-order valence-corrected chi connectivity index (χ2v) is 9.89. The van der Waals surface area contributed by atoms with Crippen LogP contribution in [0.1, 0.15) is 31.8 Å². The van der Waals surface area contributed by atoms with Gasteiger partial charge >= 0.3 is 0 Å². The molecule has 0 radical (unpaired) electrons. The summed E-state index contributed by atoms with van der Waals surface area (Å²) in [4.78, 5) is 27.2. The molecule has 38 heavy (non-hydrogen) atoms. The number of anilines is 2. The van der Waals surface area contributed by atoms with Crippen LogP contribution in [0, 0.1) is 6.92 Å². The van der Waals surface area contributed by atoms with Crippen molar-refractivity contribution in [3.8, 4) is 11.3 Å². The number of benzene rings is 4. The second-order valence-electron chi connectivity index (χ2n) is 9.08. The van der Waals surface area contributed by atoms with Gasteiger partial charge in [-0.05, 0) is 54.4 Å². The van der Waals surface area contributed by atoms with Crippen LogP contribution in [0.2, 0.25) is 10.0 Å². The molecular weight excluding hydrogens is 519 g/mol. The van der Waals surface area contributed by atoms with Crippen molar-refractivity contribution in [1.29, 1.82) is 0 Å². The highest BCUT2D eigenvalue weighted by atomic mass is 35.5. The summed E-state index contributed by atoms with van der Waals surface area (Å²) < 4.78 is 0. The van der Waals surface area contributed by atoms with E-state index in [1.54, 1.807) is 36.4 Å². The Hall–Kier alpha value is -4.26. The molecule has 0 unspecified atom stereocenters. The van der Waals surface area contributed by atoms with Gasteiger partial charge in [-0.1, -0.05) is 71.7 Å². The number of hydrogen-bond acceptors (Lipinski definition) is 5. The summed E-state index contributed by atoms with van der Waals surface area (Å²) in [6, 6.07) is 26.0. The summed E-state index contributed by atoms with van der Waals surface area (Å²) in [5.74, 6) is 0.0258. The van der Waals surface area contributed by atoms with Crippen LogP contribution in [0.3, 0.4) is 0 Å². The van der Waals surface area contributed by atoms with Crippen molar-refractivity contribution >= 4 is 57.3 Å². The van der Waals surface area contributed by atoms with Crippen LogP contribution in [0.4, 0.5) is 11.5 Å². The van der Waals surface area contributed by atoms with Crippen LogP contribution in [-0.4, -0.2) is 26.9 Å². The molecule has 1 aliphatic heterocycles. The van der Waals surface area contributed by atoms with E-state index in [1.807, 2.05) is 55.5 Å². The molecule has 1 N–H and O–H groups in total. The lowest BCUT2D eigenvalue weighted by Gasteiger charge is -2.17. The number of nitrogens with zero attached hydrogens (tertiary/aromatic N) is 3. The van der Waals surface area contributed by atoms with Crippen molar-refractivity contribution in [1.82, 2.24) is 15.1 Å². The summed E-state index contributed by atoms with van der Waals surface area (Å²) in [6.45, 7) is 2.14. The van der Waals surface area contributed by atoms with E-state index in [0.29, 0.717) is 32.7 Å². The first kappa shape index (κ1) is 24.1. The number of halogens is 2. The first-order chi connectivity index (χ1) is 18.4. The zero-order chi connectivity index (χ0) is 26.4. The van der Waals surface area contributed by atoms with E-state index in [9.17, 15) is 9.59 Å². The van der Waals surface area contributed by atoms with Gasteiger partial charge in [0.1, 0.15) is 5.69 Å². The number of nitrogens with one attached hydrogen (secondary N) is 1. The third kappa shape index (κ3) is 4.18. The number of fused-ring (bicyclic) bond motifs is 2. The highest BCUT2D eigenvalue weighted by Crippen LogP contribution is 2.34. The number of rotatable bonds is 5. The topological polar surface area (TPSA) is 75.2 Å². The smallest absolute Gasteiger partial charge is 0.261 e. The maximum absolute atomic E-state index is 12.9. The Morgan fingerprint density at radius 2 is 1.45 bits per heavy atom. The number of amides is 2. The van der Waals surface area contributed by atoms with Gasteiger partial charge in [0.05, 0.1) is 27.7 Å². The minimum Gasteiger partial charge on any atom is -0.338 e. The predicted molar refractivity (Wildman–Crippen MR) is 150 cm³/mol. The third-order valence-electron chi connectivity index (χ3n) is 6.70. The van der Waals surface area contributed by atoms with Crippen LogP contribution in [0.5, 0.6) is 0 Å². The Morgan fingerprint density at radius 1 is 0.763 bits per heavy atom. The number of aromatic nitrogens is 2. The molecule has 0 fully saturated rings. The fraction of sp³-hybridized carbons (Fsp3) is 0.0667. The quantitative estimate of drug-likeness (QED) is 0.235. The summed E-state index contributed by atoms with van der Waals surface area (Å²) >= 11 is 12.2. The Balaban J connectivity index is 1.36. The van der Waals surface area contributed by atoms with Gasteiger partial charge in [0.15, 0.2) is 5.82 Å². The maximum atomic E-state index is 12.9. The standard InChI is InChI=1S/C30H20Cl2N4O2/c1-17-10-11-18(14-19(17)16-36-29(37)23-8-4-5-9-24(23)30(36)38)27-21-6-2-3-7-22(21)28(35-34-27)33-20-12-13-25(31)26(32)15-20/h2-15H,16H2,1H3,(H,33,35). The summed E-state index contributed by atoms with van der Waals surface area (Å²) in [5.41, 5.74) is 4.99. The number of aryl methyl sites for hydroxylation is 1. The molecule has 0 saturated heterocycles. The Bertz CT molecular complexity index is 1730. The van der Waals surface area contributed by atoms with Gasteiger partial charge < -0.3 is 5.32 Å². The van der Waals surface area contributed by atoms with Crippen LogP contribution in [0.15, 0.2) is 84.9 Å². The Labute approximate surface area is 228 Å². The van der Waals surface area contributed by atoms with Crippen molar-refractivity contribution in [2.75, 3.05) is 5.32 Å². The Kier molecular flexibility index (Phi) is 6.06. The molecule has 1 aliphatic rings. The van der Waals surface area contributed by atoms with Crippen molar-refractivity contribution in [2.24, 2.45) is 0 Å². The van der Waals surface area contributed by atoms with Crippen molar-refractivity contribution in [3.05, 3.63) is 117 Å². The molecule has 2 heterocycles. The third-order valence-corrected chi connectivity index (χ3v) is 7.44. The molecule has 0 bridgehead atoms. The molecule has 2 amide bonds. The number of hydrogen-bond donors (Lipinski definition) is 1. The first-order valence-electron chi connectivity index (χ1n) is 11.9. The molecule has 4 aromatic carbocycles. The minimum absolute atomic E-state index is 0.175. The molecule has 1 aromatic heterocycles. The molecule has 0 saturated carbocycles. The lowest BCUT2D eigenvalue weighted by molar-refractivity contribution is 0.0642. The summed E-state index contributed by atoms with van der Waals surface area (Å²) in [5, 5.41) is 15.0. The van der Waals surface area contributed by atoms with E-state index in [1.165, 1.54) is 4.90 Å². The molecule has 5 aromatic rings. The maximum Gasteiger partial charge on any atom is 0.261 e. The van der Waals surface area contributed by atoms with Crippen LogP contribution in [0.25, 0.3) is 22.0 Å². The van der Waals surface area contributed by atoms with Crippen molar-refractivity contribution in [3.63, 3.8) is 0 Å². The Morgan fingerprint density at radius 3 is 2.16 bits per heavy atom. The largest absolute Gasteiger partial charge is 0.338 e. The normalized spacial score (nSPS) is 12.8. The van der Waals surface area contributed by atoms with Crippen LogP contribution < -0.4 is 5.32 Å². The van der Waals surface area contributed by atoms with E-state index in [4.69, 9.17) is 23.2 Å². The van der Waals surface area contributed by atoms with Gasteiger partial charge in [0.2, 0.25) is 0 Å². The molecule has 6 nitrogen and oxygen atoms in total. The van der Waals surface area contributed by atoms with E-state index in [-0.39, 0.29) is 18.4 Å². The SMILES string of the molecule is Cc1ccc(-c2nnc(Nc3ccc(Cl)c(Cl)c3)c3ccccc23)cc1CN1C(=O)c2ccccc2C1=O. The second kappa shape index (κ2) is 9.56. The van der Waals surface area contributed by atoms with Crippen LogP contribution in [-0.2, 0) is 6.54 Å². The van der Waals surface area contributed by atoms with Gasteiger partial charge in [-0.25, -0.2) is 0 Å². The fourth-order valence-electron chi connectivity index (χ4n) is 4.66. The highest BCUT2D eigenvalue weighted by molar-refractivity contribution is 6.42. The van der Waals surface area contributed by atoms with Gasteiger partial charge in [-0.15, -0.1) is 10.2 Å². The van der Waals surface area contributed by atoms with Gasteiger partial charge in [-0.3, -0.25) is 14.5 Å². The molecule has 0 spiro atoms. The number of carbonyl (C=O) groups is 2. The molecule has 6 rings (SSSR count). The highest BCUT2D eigenvalue weighted by Gasteiger charge is 2.35. The lowest BCUT2D eigenvalue weighted by atomic mass is 9.99. The van der Waals surface area contributed by atoms with E-state index in [0.717, 1.165) is 33.2 Å². The first-order valence-corrected chi connectivity index (χ1v) is 12.7. The van der Waals surface area contributed by atoms with E-state index < -0.39 is 0 Å². The molecule has 186 valence electrons. The lowest BCUT2D eigenvalue weighted by Crippen LogP contribution is -2.29. The van der Waals surface area contributed by atoms with Crippen molar-refractivity contribution < 1.29 is 9.59 Å². The fourth-order valence-corrected chi connectivity index (χ4v) is 4.96. The van der Waals surface area contributed by atoms with Gasteiger partial charge in [0, 0.05) is 22.0 Å². The molecule has 8 heteroatoms. The molecular formula is C30H20Cl2N4O2. The summed E-state index contributed by atoms with van der Waals surface area (Å²) in [7, 11) is 0. The predicted octanol–water partition coefficient (Wildman–Crippen LogP) is 7.45. The zero-order valence-corrected chi connectivity index (χ0v) is 21.7. The summed E-state index contributed by atoms with van der Waals surface area (Å²) in [6.07, 6.45) is 0.